The molecule has 0 amide bonds. The zero-order valence-electron chi connectivity index (χ0n) is 15.9. The van der Waals surface area contributed by atoms with Crippen molar-refractivity contribution in [2.75, 3.05) is 31.2 Å². The monoisotopic (exact) mass is 398 g/mol. The summed E-state index contributed by atoms with van der Waals surface area (Å²) in [7, 11) is -3.82. The molecule has 0 atom stereocenters. The number of oxazole rings is 1. The summed E-state index contributed by atoms with van der Waals surface area (Å²) in [5.74, 6) is 0.580. The lowest BCUT2D eigenvalue weighted by Crippen LogP contribution is -2.36. The maximum atomic E-state index is 13.3. The second-order valence-corrected chi connectivity index (χ2v) is 8.78. The van der Waals surface area contributed by atoms with Gasteiger partial charge in [-0.15, -0.1) is 0 Å². The number of hydrogen-bond donors (Lipinski definition) is 0. The van der Waals surface area contributed by atoms with Crippen molar-refractivity contribution < 1.29 is 17.6 Å². The molecule has 0 aliphatic carbocycles. The molecule has 6 nitrogen and oxygen atoms in total. The van der Waals surface area contributed by atoms with Crippen LogP contribution in [0.2, 0.25) is 0 Å². The molecule has 28 heavy (non-hydrogen) atoms. The first-order valence-electron chi connectivity index (χ1n) is 9.17. The van der Waals surface area contributed by atoms with Crippen molar-refractivity contribution in [3.63, 3.8) is 0 Å². The quantitative estimate of drug-likeness (QED) is 0.668. The second kappa shape index (κ2) is 7.41. The highest BCUT2D eigenvalue weighted by atomic mass is 32.2. The summed E-state index contributed by atoms with van der Waals surface area (Å²) >= 11 is 0. The standard InChI is InChI=1S/C21H22N2O4S/c1-15-6-8-18(9-7-15)28(24,25)20-21(23-10-12-26-13-11-23)27-19(22-20)17-5-3-4-16(2)14-17/h3-9,14H,10-13H2,1-2H3. The lowest BCUT2D eigenvalue weighted by atomic mass is 10.1. The number of benzene rings is 2. The van der Waals surface area contributed by atoms with Crippen molar-refractivity contribution in [3.8, 4) is 11.5 Å². The zero-order chi connectivity index (χ0) is 19.7. The molecule has 7 heteroatoms. The third-order valence-corrected chi connectivity index (χ3v) is 6.40. The Kier molecular flexibility index (Phi) is 4.95. The van der Waals surface area contributed by atoms with Crippen molar-refractivity contribution in [2.45, 2.75) is 23.8 Å². The number of hydrogen-bond acceptors (Lipinski definition) is 6. The Morgan fingerprint density at radius 2 is 1.68 bits per heavy atom. The van der Waals surface area contributed by atoms with Gasteiger partial charge in [0, 0.05) is 18.7 Å². The number of rotatable bonds is 4. The number of anilines is 1. The Hall–Kier alpha value is -2.64. The molecule has 3 aromatic rings. The third-order valence-electron chi connectivity index (χ3n) is 4.73. The van der Waals surface area contributed by atoms with Gasteiger partial charge in [-0.05, 0) is 38.1 Å². The Bertz CT molecular complexity index is 1080. The number of morpholine rings is 1. The summed E-state index contributed by atoms with van der Waals surface area (Å²) in [5, 5.41) is -0.0465. The predicted molar refractivity (Wildman–Crippen MR) is 106 cm³/mol. The molecule has 146 valence electrons. The zero-order valence-corrected chi connectivity index (χ0v) is 16.7. The van der Waals surface area contributed by atoms with Gasteiger partial charge >= 0.3 is 0 Å². The lowest BCUT2D eigenvalue weighted by Gasteiger charge is -2.26. The molecular weight excluding hydrogens is 376 g/mol. The second-order valence-electron chi connectivity index (χ2n) is 6.91. The first-order valence-corrected chi connectivity index (χ1v) is 10.7. The lowest BCUT2D eigenvalue weighted by molar-refractivity contribution is 0.120. The van der Waals surface area contributed by atoms with E-state index in [2.05, 4.69) is 4.98 Å². The van der Waals surface area contributed by atoms with E-state index in [0.717, 1.165) is 16.7 Å². The number of aromatic nitrogens is 1. The van der Waals surface area contributed by atoms with Crippen LogP contribution in [0.3, 0.4) is 0 Å². The van der Waals surface area contributed by atoms with Crippen molar-refractivity contribution in [1.82, 2.24) is 4.98 Å². The molecule has 0 bridgehead atoms. The number of ether oxygens (including phenoxy) is 1. The number of aryl methyl sites for hydroxylation is 2. The fourth-order valence-electron chi connectivity index (χ4n) is 3.17. The van der Waals surface area contributed by atoms with Crippen molar-refractivity contribution in [1.29, 1.82) is 0 Å². The number of nitrogens with zero attached hydrogens (tertiary/aromatic N) is 2. The molecule has 1 aliphatic rings. The average Bonchev–Trinajstić information content (AvgIpc) is 3.15. The summed E-state index contributed by atoms with van der Waals surface area (Å²) in [5.41, 5.74) is 2.79. The Balaban J connectivity index is 1.85. The van der Waals surface area contributed by atoms with E-state index >= 15 is 0 Å². The first kappa shape index (κ1) is 18.7. The smallest absolute Gasteiger partial charge is 0.236 e. The minimum Gasteiger partial charge on any atom is -0.419 e. The molecule has 1 saturated heterocycles. The van der Waals surface area contributed by atoms with Crippen molar-refractivity contribution in [2.24, 2.45) is 0 Å². The fourth-order valence-corrected chi connectivity index (χ4v) is 4.49. The summed E-state index contributed by atoms with van der Waals surface area (Å²) in [6.45, 7) is 6.04. The van der Waals surface area contributed by atoms with E-state index in [0.29, 0.717) is 32.2 Å². The highest BCUT2D eigenvalue weighted by Crippen LogP contribution is 2.35. The van der Waals surface area contributed by atoms with E-state index in [-0.39, 0.29) is 15.8 Å². The van der Waals surface area contributed by atoms with Crippen LogP contribution >= 0.6 is 0 Å². The maximum Gasteiger partial charge on any atom is 0.236 e. The summed E-state index contributed by atoms with van der Waals surface area (Å²) in [6, 6.07) is 14.4. The largest absolute Gasteiger partial charge is 0.419 e. The Labute approximate surface area is 164 Å². The number of sulfone groups is 1. The molecule has 0 saturated carbocycles. The predicted octanol–water partition coefficient (Wildman–Crippen LogP) is 3.63. The van der Waals surface area contributed by atoms with Gasteiger partial charge in [-0.3, -0.25) is 0 Å². The SMILES string of the molecule is Cc1ccc(S(=O)(=O)c2nc(-c3cccc(C)c3)oc2N2CCOCC2)cc1. The van der Waals surface area contributed by atoms with Crippen LogP contribution in [-0.4, -0.2) is 39.7 Å². The van der Waals surface area contributed by atoms with E-state index in [9.17, 15) is 8.42 Å². The molecule has 4 rings (SSSR count). The fraction of sp³-hybridized carbons (Fsp3) is 0.286. The van der Waals surface area contributed by atoms with Crippen LogP contribution in [0, 0.1) is 13.8 Å². The molecule has 2 aromatic carbocycles. The van der Waals surface area contributed by atoms with Crippen LogP contribution in [-0.2, 0) is 14.6 Å². The summed E-state index contributed by atoms with van der Waals surface area (Å²) < 4.78 is 38.1. The maximum absolute atomic E-state index is 13.3. The molecule has 0 radical (unpaired) electrons. The molecule has 1 fully saturated rings. The molecule has 0 unspecified atom stereocenters. The van der Waals surface area contributed by atoms with Gasteiger partial charge in [-0.1, -0.05) is 35.4 Å². The van der Waals surface area contributed by atoms with E-state index in [1.165, 1.54) is 0 Å². The van der Waals surface area contributed by atoms with Gasteiger partial charge in [0.25, 0.3) is 0 Å². The van der Waals surface area contributed by atoms with Gasteiger partial charge in [0.2, 0.25) is 26.6 Å². The van der Waals surface area contributed by atoms with E-state index in [4.69, 9.17) is 9.15 Å². The van der Waals surface area contributed by atoms with Crippen molar-refractivity contribution in [3.05, 3.63) is 59.7 Å². The van der Waals surface area contributed by atoms with E-state index in [1.807, 2.05) is 43.0 Å². The van der Waals surface area contributed by atoms with E-state index in [1.54, 1.807) is 24.3 Å². The Morgan fingerprint density at radius 3 is 2.36 bits per heavy atom. The van der Waals surface area contributed by atoms with Gasteiger partial charge in [-0.25, -0.2) is 8.42 Å². The van der Waals surface area contributed by atoms with Gasteiger partial charge in [-0.2, -0.15) is 4.98 Å². The van der Waals surface area contributed by atoms with Crippen LogP contribution in [0.5, 0.6) is 0 Å². The average molecular weight is 398 g/mol. The van der Waals surface area contributed by atoms with Gasteiger partial charge < -0.3 is 14.1 Å². The van der Waals surface area contributed by atoms with Crippen LogP contribution in [0.1, 0.15) is 11.1 Å². The topological polar surface area (TPSA) is 72.6 Å². The molecule has 0 spiro atoms. The molecule has 1 aliphatic heterocycles. The third kappa shape index (κ3) is 3.55. The van der Waals surface area contributed by atoms with E-state index < -0.39 is 9.84 Å². The molecular formula is C21H22N2O4S. The van der Waals surface area contributed by atoms with Gasteiger partial charge in [0.1, 0.15) is 0 Å². The van der Waals surface area contributed by atoms with Crippen LogP contribution in [0.15, 0.2) is 62.9 Å². The van der Waals surface area contributed by atoms with Gasteiger partial charge in [0.05, 0.1) is 18.1 Å². The minimum absolute atomic E-state index is 0.0465. The van der Waals surface area contributed by atoms with Crippen LogP contribution < -0.4 is 4.90 Å². The molecule has 1 aromatic heterocycles. The molecule has 2 heterocycles. The van der Waals surface area contributed by atoms with Gasteiger partial charge in [0.15, 0.2) is 0 Å². The Morgan fingerprint density at radius 1 is 0.964 bits per heavy atom. The van der Waals surface area contributed by atoms with Crippen molar-refractivity contribution >= 4 is 15.7 Å². The summed E-state index contributed by atoms with van der Waals surface area (Å²) in [6.07, 6.45) is 0. The van der Waals surface area contributed by atoms with Crippen LogP contribution in [0.25, 0.3) is 11.5 Å². The van der Waals surface area contributed by atoms with Crippen LogP contribution in [0.4, 0.5) is 5.88 Å². The first-order chi connectivity index (χ1) is 13.4. The molecule has 0 N–H and O–H groups in total. The normalized spacial score (nSPS) is 15.0. The minimum atomic E-state index is -3.82. The highest BCUT2D eigenvalue weighted by molar-refractivity contribution is 7.91. The summed E-state index contributed by atoms with van der Waals surface area (Å²) in [4.78, 5) is 6.52. The highest BCUT2D eigenvalue weighted by Gasteiger charge is 2.32.